The van der Waals surface area contributed by atoms with Crippen LogP contribution in [0.1, 0.15) is 53.8 Å². The first-order chi connectivity index (χ1) is 8.65. The fourth-order valence-corrected chi connectivity index (χ4v) is 2.37. The van der Waals surface area contributed by atoms with Gasteiger partial charge in [0.2, 0.25) is 0 Å². The van der Waals surface area contributed by atoms with E-state index in [-0.39, 0.29) is 7.53 Å². The van der Waals surface area contributed by atoms with E-state index in [4.69, 9.17) is 0 Å². The number of hydrogen-bond donors (Lipinski definition) is 2. The van der Waals surface area contributed by atoms with Gasteiger partial charge in [0.05, 0.1) is 6.10 Å². The van der Waals surface area contributed by atoms with Crippen molar-refractivity contribution in [1.29, 1.82) is 0 Å². The highest BCUT2D eigenvalue weighted by Crippen LogP contribution is 2.16. The van der Waals surface area contributed by atoms with Crippen LogP contribution in [0.25, 0.3) is 0 Å². The van der Waals surface area contributed by atoms with Gasteiger partial charge in [0, 0.05) is 27.1 Å². The van der Waals surface area contributed by atoms with Gasteiger partial charge < -0.3 is 15.3 Å². The van der Waals surface area contributed by atoms with E-state index >= 15 is 0 Å². The van der Waals surface area contributed by atoms with Crippen molar-refractivity contribution in [3.05, 3.63) is 0 Å². The van der Waals surface area contributed by atoms with Gasteiger partial charge in [-0.25, -0.2) is 0 Å². The lowest BCUT2D eigenvalue weighted by Crippen LogP contribution is -2.38. The fraction of sp³-hybridized carbons (Fsp3) is 1.00. The van der Waals surface area contributed by atoms with Crippen LogP contribution in [-0.2, 0) is 0 Å². The Hall–Kier alpha value is -0.120. The number of likely N-dealkylation sites (tertiary alicyclic amines) is 1. The Balaban J connectivity index is 0.000000392. The van der Waals surface area contributed by atoms with Crippen molar-refractivity contribution >= 4 is 0 Å². The summed E-state index contributed by atoms with van der Waals surface area (Å²) in [5, 5.41) is 12.5. The first-order valence-electron chi connectivity index (χ1n) is 7.73. The van der Waals surface area contributed by atoms with E-state index in [1.54, 1.807) is 0 Å². The van der Waals surface area contributed by atoms with Crippen molar-refractivity contribution in [3.63, 3.8) is 0 Å². The lowest BCUT2D eigenvalue weighted by Gasteiger charge is -2.31. The Morgan fingerprint density at radius 2 is 1.89 bits per heavy atom. The van der Waals surface area contributed by atoms with E-state index in [2.05, 4.69) is 24.1 Å². The fourth-order valence-electron chi connectivity index (χ4n) is 2.37. The Labute approximate surface area is 114 Å². The molecular formula is C15H34N2O. The summed E-state index contributed by atoms with van der Waals surface area (Å²) in [5.41, 5.74) is 0. The lowest BCUT2D eigenvalue weighted by molar-refractivity contribution is 0.0757. The van der Waals surface area contributed by atoms with Gasteiger partial charge in [-0.2, -0.15) is 0 Å². The molecule has 1 atom stereocenters. The van der Waals surface area contributed by atoms with Crippen LogP contribution in [0.5, 0.6) is 0 Å². The third-order valence-electron chi connectivity index (χ3n) is 4.34. The molecule has 2 aliphatic rings. The van der Waals surface area contributed by atoms with Crippen molar-refractivity contribution in [3.8, 4) is 0 Å². The first-order valence-corrected chi connectivity index (χ1v) is 7.73. The van der Waals surface area contributed by atoms with Crippen molar-refractivity contribution in [1.82, 2.24) is 10.2 Å². The molecule has 1 saturated carbocycles. The predicted octanol–water partition coefficient (Wildman–Crippen LogP) is 2.49. The van der Waals surface area contributed by atoms with Gasteiger partial charge in [0.15, 0.2) is 0 Å². The molecule has 0 amide bonds. The van der Waals surface area contributed by atoms with E-state index in [9.17, 15) is 5.11 Å². The SMILES string of the molecule is CCC(C)CN1CCC(O)CC1.CNC1CCC1.[HH]. The number of piperidine rings is 1. The molecular weight excluding hydrogens is 224 g/mol. The van der Waals surface area contributed by atoms with Crippen LogP contribution in [0, 0.1) is 5.92 Å². The summed E-state index contributed by atoms with van der Waals surface area (Å²) in [6.07, 6.45) is 7.41. The predicted molar refractivity (Wildman–Crippen MR) is 79.9 cm³/mol. The number of nitrogens with zero attached hydrogens (tertiary/aromatic N) is 1. The number of aliphatic hydroxyl groups is 1. The van der Waals surface area contributed by atoms with E-state index in [1.807, 2.05) is 7.05 Å². The van der Waals surface area contributed by atoms with Crippen molar-refractivity contribution in [2.45, 2.75) is 64.5 Å². The first kappa shape index (κ1) is 15.9. The van der Waals surface area contributed by atoms with Gasteiger partial charge in [-0.05, 0) is 38.6 Å². The molecule has 3 heteroatoms. The molecule has 3 nitrogen and oxygen atoms in total. The highest BCUT2D eigenvalue weighted by atomic mass is 16.3. The zero-order valence-electron chi connectivity index (χ0n) is 12.5. The molecule has 18 heavy (non-hydrogen) atoms. The largest absolute Gasteiger partial charge is 0.393 e. The van der Waals surface area contributed by atoms with E-state index < -0.39 is 0 Å². The minimum atomic E-state index is -0.0295. The van der Waals surface area contributed by atoms with Gasteiger partial charge in [-0.1, -0.05) is 26.7 Å². The molecule has 1 aliphatic carbocycles. The smallest absolute Gasteiger partial charge is 0.0564 e. The summed E-state index contributed by atoms with van der Waals surface area (Å²) in [5.74, 6) is 0.806. The maximum Gasteiger partial charge on any atom is 0.0564 e. The van der Waals surface area contributed by atoms with Gasteiger partial charge in [0.1, 0.15) is 0 Å². The van der Waals surface area contributed by atoms with Gasteiger partial charge in [-0.15, -0.1) is 0 Å². The maximum atomic E-state index is 9.29. The Morgan fingerprint density at radius 3 is 2.22 bits per heavy atom. The molecule has 0 radical (unpaired) electrons. The minimum absolute atomic E-state index is 0. The normalized spacial score (nSPS) is 24.0. The van der Waals surface area contributed by atoms with Crippen molar-refractivity contribution < 1.29 is 6.53 Å². The molecule has 1 aliphatic heterocycles. The van der Waals surface area contributed by atoms with Crippen molar-refractivity contribution in [2.24, 2.45) is 5.92 Å². The molecule has 2 rings (SSSR count). The highest BCUT2D eigenvalue weighted by Gasteiger charge is 2.17. The molecule has 0 aromatic heterocycles. The molecule has 0 spiro atoms. The molecule has 0 bridgehead atoms. The third-order valence-corrected chi connectivity index (χ3v) is 4.34. The monoisotopic (exact) mass is 258 g/mol. The Morgan fingerprint density at radius 1 is 1.28 bits per heavy atom. The second kappa shape index (κ2) is 8.89. The van der Waals surface area contributed by atoms with Crippen LogP contribution in [0.4, 0.5) is 0 Å². The van der Waals surface area contributed by atoms with Crippen LogP contribution < -0.4 is 5.32 Å². The van der Waals surface area contributed by atoms with Crippen LogP contribution in [0.2, 0.25) is 0 Å². The summed E-state index contributed by atoms with van der Waals surface area (Å²) < 4.78 is 0. The second-order valence-electron chi connectivity index (χ2n) is 5.96. The van der Waals surface area contributed by atoms with Gasteiger partial charge >= 0.3 is 0 Å². The van der Waals surface area contributed by atoms with Crippen LogP contribution in [-0.4, -0.2) is 48.8 Å². The standard InChI is InChI=1S/C10H21NO.C5H11N.H2/c1-3-9(2)8-11-6-4-10(12)5-7-11;1-6-5-3-2-4-5;/h9-10,12H,3-8H2,1-2H3;5-6H,2-4H2,1H3;1H. The topological polar surface area (TPSA) is 35.5 Å². The molecule has 1 saturated heterocycles. The van der Waals surface area contributed by atoms with Crippen molar-refractivity contribution in [2.75, 3.05) is 26.7 Å². The maximum absolute atomic E-state index is 9.29. The van der Waals surface area contributed by atoms with Gasteiger partial charge in [-0.3, -0.25) is 0 Å². The van der Waals surface area contributed by atoms with Crippen LogP contribution >= 0.6 is 0 Å². The van der Waals surface area contributed by atoms with E-state index in [1.165, 1.54) is 32.2 Å². The molecule has 1 unspecified atom stereocenters. The summed E-state index contributed by atoms with van der Waals surface area (Å²) in [4.78, 5) is 2.47. The summed E-state index contributed by atoms with van der Waals surface area (Å²) in [6.45, 7) is 7.93. The Kier molecular flexibility index (Phi) is 7.87. The lowest BCUT2D eigenvalue weighted by atomic mass is 9.94. The van der Waals surface area contributed by atoms with E-state index in [0.717, 1.165) is 37.9 Å². The number of rotatable bonds is 4. The number of aliphatic hydroxyl groups excluding tert-OH is 1. The summed E-state index contributed by atoms with van der Waals surface area (Å²) in [6, 6.07) is 0.866. The third kappa shape index (κ3) is 6.17. The molecule has 2 N–H and O–H groups in total. The van der Waals surface area contributed by atoms with E-state index in [0.29, 0.717) is 0 Å². The number of nitrogens with one attached hydrogen (secondary N) is 1. The number of hydrogen-bond acceptors (Lipinski definition) is 3. The summed E-state index contributed by atoms with van der Waals surface area (Å²) in [7, 11) is 2.03. The zero-order valence-corrected chi connectivity index (χ0v) is 12.5. The molecule has 0 aromatic carbocycles. The Bertz CT molecular complexity index is 202. The molecule has 2 fully saturated rings. The highest BCUT2D eigenvalue weighted by molar-refractivity contribution is 4.73. The zero-order chi connectivity index (χ0) is 13.4. The molecule has 110 valence electrons. The molecule has 0 aromatic rings. The van der Waals surface area contributed by atoms with Crippen LogP contribution in [0.3, 0.4) is 0 Å². The second-order valence-corrected chi connectivity index (χ2v) is 5.96. The molecule has 1 heterocycles. The average molecular weight is 258 g/mol. The summed E-state index contributed by atoms with van der Waals surface area (Å²) >= 11 is 0. The minimum Gasteiger partial charge on any atom is -0.393 e. The quantitative estimate of drug-likeness (QED) is 0.813. The average Bonchev–Trinajstić information content (AvgIpc) is 2.31. The van der Waals surface area contributed by atoms with Gasteiger partial charge in [0.25, 0.3) is 0 Å². The van der Waals surface area contributed by atoms with Crippen LogP contribution in [0.15, 0.2) is 0 Å².